The van der Waals surface area contributed by atoms with Crippen LogP contribution in [0.4, 0.5) is 0 Å². The Bertz CT molecular complexity index is 1770. The molecule has 0 aliphatic heterocycles. The quantitative estimate of drug-likeness (QED) is 0.106. The Morgan fingerprint density at radius 3 is 2.24 bits per heavy atom. The molecule has 0 unspecified atom stereocenters. The summed E-state index contributed by atoms with van der Waals surface area (Å²) in [5.74, 6) is 11.0. The van der Waals surface area contributed by atoms with Crippen molar-refractivity contribution in [2.24, 2.45) is 5.84 Å². The molecular formula is C33H25N5O3. The van der Waals surface area contributed by atoms with Crippen LogP contribution < -0.4 is 11.3 Å². The summed E-state index contributed by atoms with van der Waals surface area (Å²) in [7, 11) is 0. The molecule has 0 atom stereocenters. The first-order chi connectivity index (χ1) is 20.1. The van der Waals surface area contributed by atoms with Crippen molar-refractivity contribution in [2.45, 2.75) is 6.54 Å². The second kappa shape index (κ2) is 12.5. The molecule has 41 heavy (non-hydrogen) atoms. The predicted molar refractivity (Wildman–Crippen MR) is 156 cm³/mol. The number of pyridine rings is 2. The lowest BCUT2D eigenvalue weighted by Crippen LogP contribution is -2.32. The molecule has 0 aliphatic carbocycles. The van der Waals surface area contributed by atoms with Crippen LogP contribution in [-0.4, -0.2) is 39.5 Å². The fourth-order valence-electron chi connectivity index (χ4n) is 4.34. The standard InChI is InChI=1S/C33H25N5O3/c34-37-32(40)28-20-31(36-30-16-17-35-21-29(28)30)26-12-8-23(9-13-26)6-7-24-10-14-27(15-11-24)33(41)38(18-19-39)22-25-4-2-1-3-5-25/h1-5,8-17,19-21H,18,22,34H2,(H,37,40). The first-order valence-electron chi connectivity index (χ1n) is 12.8. The first kappa shape index (κ1) is 26.9. The van der Waals surface area contributed by atoms with Crippen LogP contribution in [0.3, 0.4) is 0 Å². The van der Waals surface area contributed by atoms with E-state index in [1.807, 2.05) is 54.6 Å². The predicted octanol–water partition coefficient (Wildman–Crippen LogP) is 4.14. The number of nitrogens with two attached hydrogens (primary N) is 1. The number of hydrazine groups is 1. The van der Waals surface area contributed by atoms with Crippen LogP contribution in [0.25, 0.3) is 22.2 Å². The fourth-order valence-corrected chi connectivity index (χ4v) is 4.34. The molecule has 5 aromatic rings. The van der Waals surface area contributed by atoms with Crippen LogP contribution in [-0.2, 0) is 11.3 Å². The summed E-state index contributed by atoms with van der Waals surface area (Å²) in [5, 5.41) is 0.613. The summed E-state index contributed by atoms with van der Waals surface area (Å²) in [6.45, 7) is 0.363. The fraction of sp³-hybridized carbons (Fsp3) is 0.0606. The Hall–Kier alpha value is -5.65. The van der Waals surface area contributed by atoms with Crippen molar-refractivity contribution in [2.75, 3.05) is 6.54 Å². The zero-order valence-electron chi connectivity index (χ0n) is 22.0. The van der Waals surface area contributed by atoms with Gasteiger partial charge in [-0.2, -0.15) is 0 Å². The van der Waals surface area contributed by atoms with E-state index in [0.29, 0.717) is 34.3 Å². The number of aldehydes is 1. The molecular weight excluding hydrogens is 514 g/mol. The second-order valence-corrected chi connectivity index (χ2v) is 9.16. The molecule has 2 amide bonds. The van der Waals surface area contributed by atoms with E-state index in [9.17, 15) is 14.4 Å². The lowest BCUT2D eigenvalue weighted by Gasteiger charge is -2.20. The van der Waals surface area contributed by atoms with Gasteiger partial charge >= 0.3 is 0 Å². The molecule has 3 aromatic carbocycles. The molecule has 5 rings (SSSR count). The maximum absolute atomic E-state index is 13.0. The Labute approximate surface area is 236 Å². The first-order valence-corrected chi connectivity index (χ1v) is 12.8. The highest BCUT2D eigenvalue weighted by Crippen LogP contribution is 2.24. The normalized spacial score (nSPS) is 10.4. The van der Waals surface area contributed by atoms with E-state index in [4.69, 9.17) is 5.84 Å². The minimum absolute atomic E-state index is 0.0126. The van der Waals surface area contributed by atoms with Gasteiger partial charge in [0, 0.05) is 46.6 Å². The van der Waals surface area contributed by atoms with Crippen molar-refractivity contribution in [1.82, 2.24) is 20.3 Å². The Morgan fingerprint density at radius 2 is 1.59 bits per heavy atom. The smallest absolute Gasteiger partial charge is 0.265 e. The monoisotopic (exact) mass is 539 g/mol. The van der Waals surface area contributed by atoms with Gasteiger partial charge in [-0.1, -0.05) is 54.3 Å². The van der Waals surface area contributed by atoms with Gasteiger partial charge < -0.3 is 9.69 Å². The number of nitrogens with zero attached hydrogens (tertiary/aromatic N) is 3. The van der Waals surface area contributed by atoms with Crippen molar-refractivity contribution < 1.29 is 14.4 Å². The topological polar surface area (TPSA) is 118 Å². The van der Waals surface area contributed by atoms with Gasteiger partial charge in [0.05, 0.1) is 23.3 Å². The van der Waals surface area contributed by atoms with Gasteiger partial charge in [-0.25, -0.2) is 10.8 Å². The summed E-state index contributed by atoms with van der Waals surface area (Å²) in [6.07, 6.45) is 3.94. The van der Waals surface area contributed by atoms with Gasteiger partial charge in [0.1, 0.15) is 6.29 Å². The molecule has 0 aliphatic rings. The molecule has 0 radical (unpaired) electrons. The molecule has 0 bridgehead atoms. The van der Waals surface area contributed by atoms with Crippen molar-refractivity contribution in [3.63, 3.8) is 0 Å². The van der Waals surface area contributed by atoms with Crippen LogP contribution >= 0.6 is 0 Å². The van der Waals surface area contributed by atoms with Gasteiger partial charge in [0.2, 0.25) is 0 Å². The lowest BCUT2D eigenvalue weighted by molar-refractivity contribution is -0.108. The third kappa shape index (κ3) is 6.33. The summed E-state index contributed by atoms with van der Waals surface area (Å²) < 4.78 is 0. The number of fused-ring (bicyclic) bond motifs is 1. The van der Waals surface area contributed by atoms with E-state index < -0.39 is 5.91 Å². The highest BCUT2D eigenvalue weighted by Gasteiger charge is 2.16. The molecule has 8 nitrogen and oxygen atoms in total. The van der Waals surface area contributed by atoms with Crippen LogP contribution in [0.1, 0.15) is 37.4 Å². The van der Waals surface area contributed by atoms with Gasteiger partial charge in [0.25, 0.3) is 11.8 Å². The number of rotatable bonds is 7. The van der Waals surface area contributed by atoms with Gasteiger partial charge in [-0.15, -0.1) is 0 Å². The number of hydrogen-bond donors (Lipinski definition) is 2. The molecule has 3 N–H and O–H groups in total. The molecule has 0 fully saturated rings. The number of amides is 2. The zero-order chi connectivity index (χ0) is 28.6. The van der Waals surface area contributed by atoms with Crippen LogP contribution in [0, 0.1) is 11.8 Å². The van der Waals surface area contributed by atoms with Gasteiger partial charge in [-0.3, -0.25) is 20.0 Å². The van der Waals surface area contributed by atoms with Crippen LogP contribution in [0.2, 0.25) is 0 Å². The van der Waals surface area contributed by atoms with E-state index >= 15 is 0 Å². The van der Waals surface area contributed by atoms with E-state index in [1.165, 1.54) is 4.90 Å². The highest BCUT2D eigenvalue weighted by atomic mass is 16.2. The summed E-state index contributed by atoms with van der Waals surface area (Å²) in [6, 6.07) is 27.5. The Morgan fingerprint density at radius 1 is 0.902 bits per heavy atom. The van der Waals surface area contributed by atoms with Crippen molar-refractivity contribution in [1.29, 1.82) is 0 Å². The number of aromatic nitrogens is 2. The zero-order valence-corrected chi connectivity index (χ0v) is 22.0. The van der Waals surface area contributed by atoms with E-state index in [1.54, 1.807) is 48.8 Å². The SMILES string of the molecule is NNC(=O)c1cc(-c2ccc(C#Cc3ccc(C(=O)N(CC=O)Cc4ccccc4)cc3)cc2)nc2ccncc12. The average molecular weight is 540 g/mol. The summed E-state index contributed by atoms with van der Waals surface area (Å²) in [4.78, 5) is 46.8. The number of carbonyl (C=O) groups is 3. The number of nitrogens with one attached hydrogen (secondary N) is 1. The number of nitrogen functional groups attached to an aromatic ring is 1. The molecule has 2 heterocycles. The molecule has 2 aromatic heterocycles. The second-order valence-electron chi connectivity index (χ2n) is 9.16. The van der Waals surface area contributed by atoms with Crippen LogP contribution in [0.15, 0.2) is 103 Å². The molecule has 0 saturated heterocycles. The van der Waals surface area contributed by atoms with E-state index in [0.717, 1.165) is 28.5 Å². The number of benzene rings is 3. The average Bonchev–Trinajstić information content (AvgIpc) is 3.03. The third-order valence-corrected chi connectivity index (χ3v) is 6.45. The minimum atomic E-state index is -0.422. The van der Waals surface area contributed by atoms with Gasteiger partial charge in [0.15, 0.2) is 0 Å². The van der Waals surface area contributed by atoms with Gasteiger partial charge in [-0.05, 0) is 54.1 Å². The van der Waals surface area contributed by atoms with Crippen LogP contribution in [0.5, 0.6) is 0 Å². The number of carbonyl (C=O) groups excluding carboxylic acids is 3. The van der Waals surface area contributed by atoms with E-state index in [-0.39, 0.29) is 12.5 Å². The molecule has 0 spiro atoms. The molecule has 8 heteroatoms. The van der Waals surface area contributed by atoms with Crippen molar-refractivity contribution in [3.8, 4) is 23.1 Å². The number of hydrogen-bond acceptors (Lipinski definition) is 6. The van der Waals surface area contributed by atoms with Crippen molar-refractivity contribution in [3.05, 3.63) is 131 Å². The minimum Gasteiger partial charge on any atom is -0.327 e. The third-order valence-electron chi connectivity index (χ3n) is 6.45. The van der Waals surface area contributed by atoms with Crippen molar-refractivity contribution >= 4 is 29.0 Å². The lowest BCUT2D eigenvalue weighted by atomic mass is 10.0. The van der Waals surface area contributed by atoms with E-state index in [2.05, 4.69) is 27.2 Å². The molecule has 0 saturated carbocycles. The Balaban J connectivity index is 1.31. The highest BCUT2D eigenvalue weighted by molar-refractivity contribution is 6.06. The summed E-state index contributed by atoms with van der Waals surface area (Å²) >= 11 is 0. The summed E-state index contributed by atoms with van der Waals surface area (Å²) in [5.41, 5.74) is 7.62. The maximum atomic E-state index is 13.0. The molecule has 200 valence electrons. The maximum Gasteiger partial charge on any atom is 0.265 e. The largest absolute Gasteiger partial charge is 0.327 e. The Kier molecular flexibility index (Phi) is 8.19.